The van der Waals surface area contributed by atoms with Crippen molar-refractivity contribution in [2.75, 3.05) is 0 Å². The van der Waals surface area contributed by atoms with Gasteiger partial charge in [0, 0.05) is 22.8 Å². The number of hydrogen-bond donors (Lipinski definition) is 0. The third-order valence-corrected chi connectivity index (χ3v) is 5.53. The summed E-state index contributed by atoms with van der Waals surface area (Å²) in [6.45, 7) is 2.03. The molecule has 4 heterocycles. The molecule has 5 aromatic rings. The summed E-state index contributed by atoms with van der Waals surface area (Å²) < 4.78 is 3.15. The summed E-state index contributed by atoms with van der Waals surface area (Å²) in [6.07, 6.45) is 4.06. The van der Waals surface area contributed by atoms with Crippen molar-refractivity contribution >= 4 is 39.6 Å². The number of aromatic nitrogens is 6. The van der Waals surface area contributed by atoms with E-state index in [1.165, 1.54) is 15.9 Å². The SMILES string of the molecule is CCc1nn2c(nnc3c(=O)n(-c4nccs4)ccc32)c1-c1cccc(Cl)c1. The molecule has 138 valence electrons. The Kier molecular flexibility index (Phi) is 3.96. The van der Waals surface area contributed by atoms with Gasteiger partial charge in [0.25, 0.3) is 5.56 Å². The van der Waals surface area contributed by atoms with Crippen LogP contribution >= 0.6 is 22.9 Å². The monoisotopic (exact) mass is 408 g/mol. The maximum Gasteiger partial charge on any atom is 0.286 e. The van der Waals surface area contributed by atoms with Crippen LogP contribution in [0.2, 0.25) is 5.02 Å². The van der Waals surface area contributed by atoms with Crippen LogP contribution in [0, 0.1) is 0 Å². The molecule has 0 unspecified atom stereocenters. The zero-order valence-electron chi connectivity index (χ0n) is 14.7. The van der Waals surface area contributed by atoms with Crippen molar-refractivity contribution in [2.24, 2.45) is 0 Å². The molecule has 0 bridgehead atoms. The Bertz CT molecular complexity index is 1390. The molecular weight excluding hydrogens is 396 g/mol. The smallest absolute Gasteiger partial charge is 0.266 e. The van der Waals surface area contributed by atoms with Gasteiger partial charge in [-0.05, 0) is 30.2 Å². The average molecular weight is 409 g/mol. The van der Waals surface area contributed by atoms with Gasteiger partial charge in [-0.25, -0.2) is 9.50 Å². The third kappa shape index (κ3) is 2.53. The fourth-order valence-electron chi connectivity index (χ4n) is 3.26. The van der Waals surface area contributed by atoms with E-state index in [4.69, 9.17) is 16.7 Å². The van der Waals surface area contributed by atoms with Crippen LogP contribution in [0.25, 0.3) is 32.9 Å². The van der Waals surface area contributed by atoms with Crippen LogP contribution < -0.4 is 5.56 Å². The minimum atomic E-state index is -0.278. The number of fused-ring (bicyclic) bond motifs is 3. The van der Waals surface area contributed by atoms with Crippen molar-refractivity contribution in [3.63, 3.8) is 0 Å². The molecule has 28 heavy (non-hydrogen) atoms. The van der Waals surface area contributed by atoms with Gasteiger partial charge in [0.15, 0.2) is 16.3 Å². The van der Waals surface area contributed by atoms with Gasteiger partial charge in [-0.2, -0.15) is 5.10 Å². The molecule has 4 aromatic heterocycles. The summed E-state index contributed by atoms with van der Waals surface area (Å²) >= 11 is 7.56. The lowest BCUT2D eigenvalue weighted by Gasteiger charge is -2.05. The van der Waals surface area contributed by atoms with Crippen molar-refractivity contribution < 1.29 is 0 Å². The summed E-state index contributed by atoms with van der Waals surface area (Å²) in [4.78, 5) is 17.1. The average Bonchev–Trinajstić information content (AvgIpc) is 3.35. The van der Waals surface area contributed by atoms with Gasteiger partial charge in [0.05, 0.1) is 11.3 Å². The minimum absolute atomic E-state index is 0.244. The maximum absolute atomic E-state index is 12.9. The van der Waals surface area contributed by atoms with Crippen molar-refractivity contribution in [2.45, 2.75) is 13.3 Å². The lowest BCUT2D eigenvalue weighted by atomic mass is 10.0. The maximum atomic E-state index is 12.9. The lowest BCUT2D eigenvalue weighted by molar-refractivity contribution is 0.885. The van der Waals surface area contributed by atoms with E-state index in [2.05, 4.69) is 15.2 Å². The lowest BCUT2D eigenvalue weighted by Crippen LogP contribution is -2.20. The molecule has 0 atom stereocenters. The van der Waals surface area contributed by atoms with E-state index < -0.39 is 0 Å². The first-order valence-corrected chi connectivity index (χ1v) is 9.88. The van der Waals surface area contributed by atoms with Gasteiger partial charge < -0.3 is 0 Å². The normalized spacial score (nSPS) is 11.5. The molecule has 0 radical (unpaired) electrons. The number of halogens is 1. The van der Waals surface area contributed by atoms with Crippen LogP contribution in [-0.4, -0.2) is 29.4 Å². The first-order valence-electron chi connectivity index (χ1n) is 8.63. The Hall–Kier alpha value is -3.10. The van der Waals surface area contributed by atoms with E-state index in [-0.39, 0.29) is 11.1 Å². The third-order valence-electron chi connectivity index (χ3n) is 4.53. The molecule has 0 saturated carbocycles. The number of thiazole rings is 1. The van der Waals surface area contributed by atoms with E-state index in [1.807, 2.05) is 42.6 Å². The highest BCUT2D eigenvalue weighted by Gasteiger charge is 2.19. The zero-order valence-corrected chi connectivity index (χ0v) is 16.3. The molecule has 1 aromatic carbocycles. The van der Waals surface area contributed by atoms with Crippen LogP contribution in [0.5, 0.6) is 0 Å². The van der Waals surface area contributed by atoms with E-state index in [1.54, 1.807) is 16.9 Å². The van der Waals surface area contributed by atoms with Crippen molar-refractivity contribution in [1.82, 2.24) is 29.4 Å². The molecule has 5 rings (SSSR count). The number of hydrogen-bond acceptors (Lipinski definition) is 6. The van der Waals surface area contributed by atoms with Gasteiger partial charge in [0.1, 0.15) is 5.52 Å². The fraction of sp³-hybridized carbons (Fsp3) is 0.105. The molecule has 0 saturated heterocycles. The first kappa shape index (κ1) is 17.0. The molecule has 0 fully saturated rings. The number of rotatable bonds is 3. The topological polar surface area (TPSA) is 78.0 Å². The van der Waals surface area contributed by atoms with E-state index in [0.29, 0.717) is 27.7 Å². The van der Waals surface area contributed by atoms with Crippen LogP contribution in [0.1, 0.15) is 12.6 Å². The number of aryl methyl sites for hydroxylation is 1. The van der Waals surface area contributed by atoms with Crippen molar-refractivity contribution in [3.8, 4) is 16.3 Å². The Balaban J connectivity index is 1.82. The van der Waals surface area contributed by atoms with Crippen LogP contribution in [-0.2, 0) is 6.42 Å². The van der Waals surface area contributed by atoms with E-state index in [0.717, 1.165) is 16.8 Å². The number of benzene rings is 1. The highest BCUT2D eigenvalue weighted by Crippen LogP contribution is 2.30. The first-order chi connectivity index (χ1) is 13.7. The summed E-state index contributed by atoms with van der Waals surface area (Å²) in [6, 6.07) is 9.37. The predicted octanol–water partition coefficient (Wildman–Crippen LogP) is 3.77. The predicted molar refractivity (Wildman–Crippen MR) is 109 cm³/mol. The van der Waals surface area contributed by atoms with Crippen LogP contribution in [0.4, 0.5) is 0 Å². The summed E-state index contributed by atoms with van der Waals surface area (Å²) in [7, 11) is 0. The Morgan fingerprint density at radius 2 is 2.11 bits per heavy atom. The molecule has 0 amide bonds. The Morgan fingerprint density at radius 3 is 2.86 bits per heavy atom. The Morgan fingerprint density at radius 1 is 1.21 bits per heavy atom. The zero-order chi connectivity index (χ0) is 19.3. The Labute approximate surface area is 167 Å². The standard InChI is InChI=1S/C19H13ClN6OS/c1-2-13-15(11-4-3-5-12(20)10-11)17-23-22-16-14(26(17)24-13)6-8-25(18(16)27)19-21-7-9-28-19/h3-10H,2H2,1H3. The van der Waals surface area contributed by atoms with E-state index >= 15 is 0 Å². The quantitative estimate of drug-likeness (QED) is 0.454. The second-order valence-corrected chi connectivity index (χ2v) is 7.47. The summed E-state index contributed by atoms with van der Waals surface area (Å²) in [5.74, 6) is 0. The highest BCUT2D eigenvalue weighted by atomic mass is 35.5. The fourth-order valence-corrected chi connectivity index (χ4v) is 4.08. The highest BCUT2D eigenvalue weighted by molar-refractivity contribution is 7.12. The number of nitrogens with zero attached hydrogens (tertiary/aromatic N) is 6. The molecule has 0 N–H and O–H groups in total. The van der Waals surface area contributed by atoms with Gasteiger partial charge in [0.2, 0.25) is 0 Å². The van der Waals surface area contributed by atoms with Gasteiger partial charge >= 0.3 is 0 Å². The van der Waals surface area contributed by atoms with Crippen LogP contribution in [0.3, 0.4) is 0 Å². The summed E-state index contributed by atoms with van der Waals surface area (Å²) in [5, 5.41) is 16.3. The largest absolute Gasteiger partial charge is 0.286 e. The molecular formula is C19H13ClN6OS. The molecule has 9 heteroatoms. The molecule has 0 spiro atoms. The van der Waals surface area contributed by atoms with Crippen molar-refractivity contribution in [1.29, 1.82) is 0 Å². The summed E-state index contributed by atoms with van der Waals surface area (Å²) in [5.41, 5.74) is 3.83. The van der Waals surface area contributed by atoms with Crippen LogP contribution in [0.15, 0.2) is 52.9 Å². The molecule has 0 aliphatic carbocycles. The van der Waals surface area contributed by atoms with E-state index in [9.17, 15) is 4.79 Å². The van der Waals surface area contributed by atoms with Gasteiger partial charge in [-0.15, -0.1) is 21.5 Å². The van der Waals surface area contributed by atoms with Gasteiger partial charge in [-0.3, -0.25) is 9.36 Å². The number of pyridine rings is 1. The van der Waals surface area contributed by atoms with Crippen molar-refractivity contribution in [3.05, 3.63) is 69.2 Å². The second kappa shape index (κ2) is 6.50. The molecule has 0 aliphatic rings. The minimum Gasteiger partial charge on any atom is -0.266 e. The second-order valence-electron chi connectivity index (χ2n) is 6.16. The molecule has 7 nitrogen and oxygen atoms in total. The molecule has 0 aliphatic heterocycles. The van der Waals surface area contributed by atoms with Gasteiger partial charge in [-0.1, -0.05) is 30.7 Å².